The number of fused-ring (bicyclic) bond motifs is 1. The summed E-state index contributed by atoms with van der Waals surface area (Å²) in [6, 6.07) is 4.02. The maximum atomic E-state index is 6.21. The predicted molar refractivity (Wildman–Crippen MR) is 76.4 cm³/mol. The molecule has 3 nitrogen and oxygen atoms in total. The molecule has 19 heavy (non-hydrogen) atoms. The maximum absolute atomic E-state index is 6.21. The third-order valence-electron chi connectivity index (χ3n) is 3.83. The van der Waals surface area contributed by atoms with Crippen molar-refractivity contribution in [1.29, 1.82) is 0 Å². The lowest BCUT2D eigenvalue weighted by Crippen LogP contribution is -2.30. The largest absolute Gasteiger partial charge is 0.489 e. The SMILES string of the molecule is Clc1ccc(CC2CCCNC2)c2c1OCCCO2. The van der Waals surface area contributed by atoms with Crippen LogP contribution in [-0.4, -0.2) is 26.3 Å². The van der Waals surface area contributed by atoms with Gasteiger partial charge in [-0.2, -0.15) is 0 Å². The minimum absolute atomic E-state index is 0.655. The van der Waals surface area contributed by atoms with Crippen LogP contribution >= 0.6 is 11.6 Å². The molecular formula is C15H20ClNO2. The van der Waals surface area contributed by atoms with Crippen LogP contribution in [0.1, 0.15) is 24.8 Å². The third kappa shape index (κ3) is 2.98. The van der Waals surface area contributed by atoms with Gasteiger partial charge in [-0.3, -0.25) is 0 Å². The molecule has 1 saturated heterocycles. The van der Waals surface area contributed by atoms with Crippen molar-refractivity contribution in [2.75, 3.05) is 26.3 Å². The predicted octanol–water partition coefficient (Wildman–Crippen LogP) is 3.04. The summed E-state index contributed by atoms with van der Waals surface area (Å²) < 4.78 is 11.6. The Morgan fingerprint density at radius 1 is 1.16 bits per heavy atom. The molecular weight excluding hydrogens is 262 g/mol. The Balaban J connectivity index is 1.84. The van der Waals surface area contributed by atoms with E-state index >= 15 is 0 Å². The molecule has 3 rings (SSSR count). The number of hydrogen-bond donors (Lipinski definition) is 1. The minimum atomic E-state index is 0.655. The molecule has 0 spiro atoms. The Hall–Kier alpha value is -0.930. The Labute approximate surface area is 119 Å². The van der Waals surface area contributed by atoms with E-state index in [0.717, 1.165) is 37.4 Å². The first-order chi connectivity index (χ1) is 9.34. The quantitative estimate of drug-likeness (QED) is 0.904. The van der Waals surface area contributed by atoms with Crippen molar-refractivity contribution in [3.63, 3.8) is 0 Å². The minimum Gasteiger partial charge on any atom is -0.489 e. The lowest BCUT2D eigenvalue weighted by Gasteiger charge is -2.24. The van der Waals surface area contributed by atoms with Gasteiger partial charge in [-0.05, 0) is 49.9 Å². The van der Waals surface area contributed by atoms with E-state index in [9.17, 15) is 0 Å². The Morgan fingerprint density at radius 2 is 2.00 bits per heavy atom. The fraction of sp³-hybridized carbons (Fsp3) is 0.600. The molecule has 1 fully saturated rings. The van der Waals surface area contributed by atoms with Gasteiger partial charge < -0.3 is 14.8 Å². The van der Waals surface area contributed by atoms with Crippen molar-refractivity contribution in [3.05, 3.63) is 22.7 Å². The number of rotatable bonds is 2. The molecule has 1 unspecified atom stereocenters. The summed E-state index contributed by atoms with van der Waals surface area (Å²) in [5.74, 6) is 2.29. The highest BCUT2D eigenvalue weighted by molar-refractivity contribution is 6.32. The second-order valence-corrected chi connectivity index (χ2v) is 5.74. The summed E-state index contributed by atoms with van der Waals surface area (Å²) in [6.07, 6.45) is 4.49. The van der Waals surface area contributed by atoms with Gasteiger partial charge in [0.2, 0.25) is 0 Å². The van der Waals surface area contributed by atoms with Gasteiger partial charge in [0.15, 0.2) is 11.5 Å². The van der Waals surface area contributed by atoms with Crippen LogP contribution in [0.15, 0.2) is 12.1 Å². The van der Waals surface area contributed by atoms with Crippen LogP contribution < -0.4 is 14.8 Å². The van der Waals surface area contributed by atoms with E-state index in [4.69, 9.17) is 21.1 Å². The van der Waals surface area contributed by atoms with Crippen LogP contribution in [0.5, 0.6) is 11.5 Å². The molecule has 0 saturated carbocycles. The summed E-state index contributed by atoms with van der Waals surface area (Å²) in [7, 11) is 0. The molecule has 4 heteroatoms. The smallest absolute Gasteiger partial charge is 0.180 e. The van der Waals surface area contributed by atoms with Crippen molar-refractivity contribution < 1.29 is 9.47 Å². The van der Waals surface area contributed by atoms with Gasteiger partial charge in [0.05, 0.1) is 18.2 Å². The number of piperidine rings is 1. The van der Waals surface area contributed by atoms with Crippen molar-refractivity contribution in [1.82, 2.24) is 5.32 Å². The zero-order valence-electron chi connectivity index (χ0n) is 11.1. The standard InChI is InChI=1S/C15H20ClNO2/c16-13-5-4-12(9-11-3-1-6-17-10-11)14-15(13)19-8-2-7-18-14/h4-5,11,17H,1-3,6-10H2. The fourth-order valence-electron chi connectivity index (χ4n) is 2.85. The van der Waals surface area contributed by atoms with E-state index in [2.05, 4.69) is 11.4 Å². The van der Waals surface area contributed by atoms with E-state index in [0.29, 0.717) is 24.2 Å². The second-order valence-electron chi connectivity index (χ2n) is 5.33. The van der Waals surface area contributed by atoms with Gasteiger partial charge in [0.1, 0.15) is 0 Å². The molecule has 2 aliphatic rings. The first-order valence-corrected chi connectivity index (χ1v) is 7.50. The molecule has 1 atom stereocenters. The van der Waals surface area contributed by atoms with Crippen molar-refractivity contribution in [3.8, 4) is 11.5 Å². The topological polar surface area (TPSA) is 30.5 Å². The molecule has 0 radical (unpaired) electrons. The van der Waals surface area contributed by atoms with E-state index in [-0.39, 0.29) is 0 Å². The summed E-state index contributed by atoms with van der Waals surface area (Å²) in [6.45, 7) is 3.64. The third-order valence-corrected chi connectivity index (χ3v) is 4.13. The highest BCUT2D eigenvalue weighted by Gasteiger charge is 2.21. The van der Waals surface area contributed by atoms with Gasteiger partial charge in [-0.25, -0.2) is 0 Å². The number of nitrogens with one attached hydrogen (secondary N) is 1. The van der Waals surface area contributed by atoms with Crippen LogP contribution in [-0.2, 0) is 6.42 Å². The molecule has 2 heterocycles. The Kier molecular flexibility index (Phi) is 4.14. The molecule has 2 aliphatic heterocycles. The van der Waals surface area contributed by atoms with Crippen molar-refractivity contribution >= 4 is 11.6 Å². The number of halogens is 1. The first kappa shape index (κ1) is 13.1. The monoisotopic (exact) mass is 281 g/mol. The lowest BCUT2D eigenvalue weighted by atomic mass is 9.92. The van der Waals surface area contributed by atoms with Crippen LogP contribution in [0, 0.1) is 5.92 Å². The van der Waals surface area contributed by atoms with Crippen LogP contribution in [0.3, 0.4) is 0 Å². The summed E-state index contributed by atoms with van der Waals surface area (Å²) in [5.41, 5.74) is 1.23. The van der Waals surface area contributed by atoms with Gasteiger partial charge in [-0.1, -0.05) is 17.7 Å². The molecule has 1 aromatic rings. The normalized spacial score (nSPS) is 22.9. The number of ether oxygens (including phenoxy) is 2. The summed E-state index contributed by atoms with van der Waals surface area (Å²) >= 11 is 6.21. The lowest BCUT2D eigenvalue weighted by molar-refractivity contribution is 0.295. The molecule has 104 valence electrons. The van der Waals surface area contributed by atoms with E-state index in [1.165, 1.54) is 18.4 Å². The van der Waals surface area contributed by atoms with E-state index < -0.39 is 0 Å². The number of benzene rings is 1. The zero-order valence-corrected chi connectivity index (χ0v) is 11.8. The molecule has 0 aliphatic carbocycles. The Morgan fingerprint density at radius 3 is 2.79 bits per heavy atom. The fourth-order valence-corrected chi connectivity index (χ4v) is 3.05. The highest BCUT2D eigenvalue weighted by atomic mass is 35.5. The van der Waals surface area contributed by atoms with Crippen LogP contribution in [0.4, 0.5) is 0 Å². The highest BCUT2D eigenvalue weighted by Crippen LogP contribution is 2.40. The summed E-state index contributed by atoms with van der Waals surface area (Å²) in [4.78, 5) is 0. The molecule has 0 bridgehead atoms. The van der Waals surface area contributed by atoms with Gasteiger partial charge in [0.25, 0.3) is 0 Å². The zero-order chi connectivity index (χ0) is 13.1. The average molecular weight is 282 g/mol. The molecule has 0 aromatic heterocycles. The Bertz CT molecular complexity index is 444. The summed E-state index contributed by atoms with van der Waals surface area (Å²) in [5, 5.41) is 4.12. The first-order valence-electron chi connectivity index (χ1n) is 7.12. The van der Waals surface area contributed by atoms with Gasteiger partial charge >= 0.3 is 0 Å². The second kappa shape index (κ2) is 6.02. The molecule has 1 N–H and O–H groups in total. The van der Waals surface area contributed by atoms with E-state index in [1.807, 2.05) is 6.07 Å². The van der Waals surface area contributed by atoms with Crippen molar-refractivity contribution in [2.24, 2.45) is 5.92 Å². The van der Waals surface area contributed by atoms with Crippen LogP contribution in [0.2, 0.25) is 5.02 Å². The van der Waals surface area contributed by atoms with Gasteiger partial charge in [0, 0.05) is 6.42 Å². The van der Waals surface area contributed by atoms with E-state index in [1.54, 1.807) is 0 Å². The average Bonchev–Trinajstić information content (AvgIpc) is 2.70. The van der Waals surface area contributed by atoms with Gasteiger partial charge in [-0.15, -0.1) is 0 Å². The maximum Gasteiger partial charge on any atom is 0.180 e. The number of hydrogen-bond acceptors (Lipinski definition) is 3. The molecule has 0 amide bonds. The van der Waals surface area contributed by atoms with Crippen LogP contribution in [0.25, 0.3) is 0 Å². The van der Waals surface area contributed by atoms with Crippen molar-refractivity contribution in [2.45, 2.75) is 25.7 Å². The molecule has 1 aromatic carbocycles.